The molecule has 0 radical (unpaired) electrons. The van der Waals surface area contributed by atoms with Crippen molar-refractivity contribution in [3.63, 3.8) is 0 Å². The van der Waals surface area contributed by atoms with Crippen LogP contribution in [-0.4, -0.2) is 0 Å². The molecule has 0 aromatic heterocycles. The Labute approximate surface area is 101 Å². The minimum absolute atomic E-state index is 0.555. The summed E-state index contributed by atoms with van der Waals surface area (Å²) in [5.74, 6) is 0. The molecule has 2 rings (SSSR count). The first-order valence-electron chi connectivity index (χ1n) is 5.64. The number of hydrogen-bond acceptors (Lipinski definition) is 2. The molecule has 0 unspecified atom stereocenters. The van der Waals surface area contributed by atoms with Gasteiger partial charge in [-0.15, -0.1) is 4.91 Å². The molecule has 0 aliphatic heterocycles. The quantitative estimate of drug-likeness (QED) is 0.682. The number of nitroso groups, excluding NO2 is 1. The summed E-state index contributed by atoms with van der Waals surface area (Å²) in [6.07, 6.45) is 0. The Morgan fingerprint density at radius 3 is 2.18 bits per heavy atom. The fraction of sp³-hybridized carbons (Fsp3) is 0.200. The van der Waals surface area contributed by atoms with Gasteiger partial charge >= 0.3 is 0 Å². The molecule has 0 heterocycles. The molecule has 0 bridgehead atoms. The van der Waals surface area contributed by atoms with E-state index in [2.05, 4.69) is 12.1 Å². The van der Waals surface area contributed by atoms with Crippen LogP contribution in [0.25, 0.3) is 11.1 Å². The monoisotopic (exact) mass is 225 g/mol. The van der Waals surface area contributed by atoms with E-state index in [1.54, 1.807) is 0 Å². The number of rotatable bonds is 2. The molecule has 2 heteroatoms. The lowest BCUT2D eigenvalue weighted by molar-refractivity contribution is 1.25. The van der Waals surface area contributed by atoms with E-state index in [0.717, 1.165) is 22.3 Å². The summed E-state index contributed by atoms with van der Waals surface area (Å²) in [5, 5.41) is 3.20. The lowest BCUT2D eigenvalue weighted by Gasteiger charge is -2.12. The van der Waals surface area contributed by atoms with Gasteiger partial charge in [0.05, 0.1) is 0 Å². The zero-order valence-electron chi connectivity index (χ0n) is 10.3. The minimum Gasteiger partial charge on any atom is -0.145 e. The van der Waals surface area contributed by atoms with Gasteiger partial charge in [-0.05, 0) is 54.3 Å². The van der Waals surface area contributed by atoms with Crippen LogP contribution in [0.2, 0.25) is 0 Å². The third-order valence-electron chi connectivity index (χ3n) is 3.30. The molecule has 0 aliphatic carbocycles. The van der Waals surface area contributed by atoms with Gasteiger partial charge in [-0.2, -0.15) is 0 Å². The zero-order valence-corrected chi connectivity index (χ0v) is 10.3. The maximum atomic E-state index is 11.0. The smallest absolute Gasteiger partial charge is 0.119 e. The van der Waals surface area contributed by atoms with Crippen molar-refractivity contribution >= 4 is 5.69 Å². The van der Waals surface area contributed by atoms with Crippen LogP contribution in [-0.2, 0) is 0 Å². The SMILES string of the molecule is Cc1cc(-c2ccccc2)c(N=O)c(C)c1C. The van der Waals surface area contributed by atoms with Gasteiger partial charge in [-0.3, -0.25) is 0 Å². The van der Waals surface area contributed by atoms with Crippen molar-refractivity contribution in [2.24, 2.45) is 5.18 Å². The minimum atomic E-state index is 0.555. The Bertz CT molecular complexity index is 559. The highest BCUT2D eigenvalue weighted by Gasteiger charge is 2.12. The first-order chi connectivity index (χ1) is 8.15. The van der Waals surface area contributed by atoms with E-state index in [1.165, 1.54) is 5.56 Å². The molecule has 0 saturated heterocycles. The summed E-state index contributed by atoms with van der Waals surface area (Å²) in [7, 11) is 0. The Morgan fingerprint density at radius 2 is 1.59 bits per heavy atom. The molecule has 86 valence electrons. The van der Waals surface area contributed by atoms with E-state index in [-0.39, 0.29) is 0 Å². The van der Waals surface area contributed by atoms with E-state index in [4.69, 9.17) is 0 Å². The summed E-state index contributed by atoms with van der Waals surface area (Å²) in [6.45, 7) is 6.03. The predicted molar refractivity (Wildman–Crippen MR) is 71.5 cm³/mol. The topological polar surface area (TPSA) is 29.4 Å². The Balaban J connectivity index is 2.74. The second kappa shape index (κ2) is 4.50. The van der Waals surface area contributed by atoms with Crippen LogP contribution in [0.1, 0.15) is 16.7 Å². The molecule has 0 aliphatic rings. The molecule has 17 heavy (non-hydrogen) atoms. The van der Waals surface area contributed by atoms with Crippen molar-refractivity contribution in [2.75, 3.05) is 0 Å². The van der Waals surface area contributed by atoms with Crippen LogP contribution < -0.4 is 0 Å². The van der Waals surface area contributed by atoms with Crippen molar-refractivity contribution in [1.29, 1.82) is 0 Å². The second-order valence-corrected chi connectivity index (χ2v) is 4.30. The van der Waals surface area contributed by atoms with Crippen molar-refractivity contribution in [1.82, 2.24) is 0 Å². The average molecular weight is 225 g/mol. The third-order valence-corrected chi connectivity index (χ3v) is 3.30. The van der Waals surface area contributed by atoms with E-state index < -0.39 is 0 Å². The highest BCUT2D eigenvalue weighted by Crippen LogP contribution is 2.36. The molecule has 0 amide bonds. The van der Waals surface area contributed by atoms with E-state index >= 15 is 0 Å². The Kier molecular flexibility index (Phi) is 3.05. The van der Waals surface area contributed by atoms with E-state index in [1.807, 2.05) is 50.2 Å². The van der Waals surface area contributed by atoms with E-state index in [9.17, 15) is 4.91 Å². The van der Waals surface area contributed by atoms with Crippen LogP contribution in [0.5, 0.6) is 0 Å². The molecule has 0 saturated carbocycles. The highest BCUT2D eigenvalue weighted by atomic mass is 16.3. The normalized spacial score (nSPS) is 10.3. The van der Waals surface area contributed by atoms with Gasteiger partial charge in [0, 0.05) is 5.56 Å². The lowest BCUT2D eigenvalue weighted by Crippen LogP contribution is -1.90. The number of aryl methyl sites for hydroxylation is 1. The van der Waals surface area contributed by atoms with Crippen molar-refractivity contribution in [3.8, 4) is 11.1 Å². The van der Waals surface area contributed by atoms with Crippen LogP contribution in [0.15, 0.2) is 41.6 Å². The molecule has 0 atom stereocenters. The fourth-order valence-electron chi connectivity index (χ4n) is 2.02. The molecule has 2 aromatic carbocycles. The highest BCUT2D eigenvalue weighted by molar-refractivity contribution is 5.79. The van der Waals surface area contributed by atoms with Crippen molar-refractivity contribution < 1.29 is 0 Å². The van der Waals surface area contributed by atoms with Gasteiger partial charge in [-0.1, -0.05) is 30.3 Å². The summed E-state index contributed by atoms with van der Waals surface area (Å²) in [6, 6.07) is 11.9. The number of benzene rings is 2. The van der Waals surface area contributed by atoms with Crippen molar-refractivity contribution in [2.45, 2.75) is 20.8 Å². The molecule has 2 aromatic rings. The summed E-state index contributed by atoms with van der Waals surface area (Å²) >= 11 is 0. The van der Waals surface area contributed by atoms with Gasteiger partial charge in [0.25, 0.3) is 0 Å². The summed E-state index contributed by atoms with van der Waals surface area (Å²) in [4.78, 5) is 11.0. The van der Waals surface area contributed by atoms with Gasteiger partial charge in [0.1, 0.15) is 5.69 Å². The maximum absolute atomic E-state index is 11.0. The molecular weight excluding hydrogens is 210 g/mol. The van der Waals surface area contributed by atoms with Gasteiger partial charge in [0.2, 0.25) is 0 Å². The number of nitrogens with zero attached hydrogens (tertiary/aromatic N) is 1. The first kappa shape index (κ1) is 11.5. The Morgan fingerprint density at radius 1 is 0.941 bits per heavy atom. The molecule has 0 spiro atoms. The van der Waals surface area contributed by atoms with Crippen molar-refractivity contribution in [3.05, 3.63) is 58.0 Å². The van der Waals surface area contributed by atoms with Gasteiger partial charge < -0.3 is 0 Å². The van der Waals surface area contributed by atoms with Crippen LogP contribution in [0, 0.1) is 25.7 Å². The van der Waals surface area contributed by atoms with Crippen LogP contribution >= 0.6 is 0 Å². The predicted octanol–water partition coefficient (Wildman–Crippen LogP) is 4.68. The van der Waals surface area contributed by atoms with Crippen LogP contribution in [0.4, 0.5) is 5.69 Å². The third kappa shape index (κ3) is 1.98. The molecule has 0 N–H and O–H groups in total. The zero-order chi connectivity index (χ0) is 12.4. The second-order valence-electron chi connectivity index (χ2n) is 4.30. The maximum Gasteiger partial charge on any atom is 0.119 e. The lowest BCUT2D eigenvalue weighted by atomic mass is 9.94. The largest absolute Gasteiger partial charge is 0.145 e. The standard InChI is InChI=1S/C15H15NO/c1-10-9-14(13-7-5-4-6-8-13)15(16-17)12(3)11(10)2/h4-9H,1-3H3. The van der Waals surface area contributed by atoms with Gasteiger partial charge in [0.15, 0.2) is 0 Å². The molecule has 2 nitrogen and oxygen atoms in total. The number of hydrogen-bond donors (Lipinski definition) is 0. The summed E-state index contributed by atoms with van der Waals surface area (Å²) < 4.78 is 0. The van der Waals surface area contributed by atoms with Gasteiger partial charge in [-0.25, -0.2) is 0 Å². The fourth-order valence-corrected chi connectivity index (χ4v) is 2.02. The van der Waals surface area contributed by atoms with Crippen LogP contribution in [0.3, 0.4) is 0 Å². The van der Waals surface area contributed by atoms with E-state index in [0.29, 0.717) is 5.69 Å². The molecular formula is C15H15NO. The summed E-state index contributed by atoms with van der Waals surface area (Å²) in [5.41, 5.74) is 5.81. The molecule has 0 fully saturated rings. The average Bonchev–Trinajstić information content (AvgIpc) is 2.36. The Hall–Kier alpha value is -1.96. The first-order valence-corrected chi connectivity index (χ1v) is 5.64.